The molecular weight excluding hydrogens is 255 g/mol. The normalized spacial score (nSPS) is 24.3. The van der Waals surface area contributed by atoms with Gasteiger partial charge in [-0.15, -0.1) is 0 Å². The Morgan fingerprint density at radius 1 is 1.26 bits per heavy atom. The lowest BCUT2D eigenvalue weighted by Crippen LogP contribution is -2.48. The number of anilines is 1. The maximum absolute atomic E-state index is 12.5. The second-order valence-electron chi connectivity index (χ2n) is 5.03. The zero-order chi connectivity index (χ0) is 14.0. The van der Waals surface area contributed by atoms with Crippen molar-refractivity contribution in [3.05, 3.63) is 23.9 Å². The van der Waals surface area contributed by atoms with Crippen molar-refractivity contribution >= 4 is 5.82 Å². The summed E-state index contributed by atoms with van der Waals surface area (Å²) in [5, 5.41) is 0. The van der Waals surface area contributed by atoms with Crippen LogP contribution in [0.4, 0.5) is 19.0 Å². The van der Waals surface area contributed by atoms with Crippen molar-refractivity contribution in [2.24, 2.45) is 5.73 Å². The van der Waals surface area contributed by atoms with Gasteiger partial charge in [-0.05, 0) is 25.0 Å². The first-order chi connectivity index (χ1) is 8.89. The Morgan fingerprint density at radius 3 is 2.47 bits per heavy atom. The lowest BCUT2D eigenvalue weighted by molar-refractivity contribution is -0.137. The van der Waals surface area contributed by atoms with Gasteiger partial charge in [0.25, 0.3) is 0 Å². The van der Waals surface area contributed by atoms with E-state index in [1.165, 1.54) is 6.07 Å². The highest BCUT2D eigenvalue weighted by Crippen LogP contribution is 2.30. The van der Waals surface area contributed by atoms with Crippen LogP contribution in [0.25, 0.3) is 0 Å². The van der Waals surface area contributed by atoms with E-state index in [0.717, 1.165) is 37.9 Å². The molecule has 3 nitrogen and oxygen atoms in total. The molecule has 0 amide bonds. The van der Waals surface area contributed by atoms with Gasteiger partial charge in [0.15, 0.2) is 0 Å². The average Bonchev–Trinajstić information content (AvgIpc) is 2.38. The van der Waals surface area contributed by atoms with Gasteiger partial charge < -0.3 is 10.6 Å². The number of aromatic nitrogens is 1. The molecule has 1 aromatic rings. The molecule has 0 aliphatic heterocycles. The molecule has 0 radical (unpaired) electrons. The van der Waals surface area contributed by atoms with Crippen LogP contribution in [0.3, 0.4) is 0 Å². The number of rotatable bonds is 2. The Kier molecular flexibility index (Phi) is 3.99. The van der Waals surface area contributed by atoms with Crippen LogP contribution in [-0.2, 0) is 6.18 Å². The van der Waals surface area contributed by atoms with E-state index >= 15 is 0 Å². The average molecular weight is 273 g/mol. The Balaban J connectivity index is 2.13. The van der Waals surface area contributed by atoms with Crippen LogP contribution in [0, 0.1) is 0 Å². The van der Waals surface area contributed by atoms with Crippen molar-refractivity contribution in [3.63, 3.8) is 0 Å². The molecule has 2 rings (SSSR count). The second kappa shape index (κ2) is 5.36. The van der Waals surface area contributed by atoms with Crippen LogP contribution in [0.2, 0.25) is 0 Å². The van der Waals surface area contributed by atoms with E-state index in [4.69, 9.17) is 5.73 Å². The third-order valence-electron chi connectivity index (χ3n) is 3.72. The molecule has 1 aromatic heterocycles. The van der Waals surface area contributed by atoms with Crippen LogP contribution in [0.1, 0.15) is 31.2 Å². The van der Waals surface area contributed by atoms with Gasteiger partial charge in [-0.2, -0.15) is 13.2 Å². The fraction of sp³-hybridized carbons (Fsp3) is 0.615. The standard InChI is InChI=1S/C13H18F3N3/c1-19(11-5-3-2-4-10(11)17)12-7-6-9(8-18-12)13(14,15)16/h6-8,10-11H,2-5,17H2,1H3. The summed E-state index contributed by atoms with van der Waals surface area (Å²) in [6.45, 7) is 0. The third-order valence-corrected chi connectivity index (χ3v) is 3.72. The summed E-state index contributed by atoms with van der Waals surface area (Å²) < 4.78 is 37.4. The van der Waals surface area contributed by atoms with E-state index in [0.29, 0.717) is 5.82 Å². The van der Waals surface area contributed by atoms with Crippen molar-refractivity contribution < 1.29 is 13.2 Å². The van der Waals surface area contributed by atoms with Gasteiger partial charge in [0.2, 0.25) is 0 Å². The number of hydrogen-bond acceptors (Lipinski definition) is 3. The van der Waals surface area contributed by atoms with E-state index in [9.17, 15) is 13.2 Å². The van der Waals surface area contributed by atoms with Gasteiger partial charge in [-0.1, -0.05) is 12.8 Å². The van der Waals surface area contributed by atoms with Crippen molar-refractivity contribution in [1.29, 1.82) is 0 Å². The molecule has 0 saturated heterocycles. The first-order valence-electron chi connectivity index (χ1n) is 6.41. The number of halogens is 3. The van der Waals surface area contributed by atoms with E-state index in [2.05, 4.69) is 4.98 Å². The molecular formula is C13H18F3N3. The van der Waals surface area contributed by atoms with Crippen LogP contribution < -0.4 is 10.6 Å². The largest absolute Gasteiger partial charge is 0.417 e. The number of nitrogens with two attached hydrogens (primary N) is 1. The summed E-state index contributed by atoms with van der Waals surface area (Å²) in [7, 11) is 1.84. The zero-order valence-electron chi connectivity index (χ0n) is 10.8. The highest BCUT2D eigenvalue weighted by Gasteiger charge is 2.31. The number of alkyl halides is 3. The molecule has 106 valence electrons. The molecule has 0 bridgehead atoms. The molecule has 2 unspecified atom stereocenters. The molecule has 1 heterocycles. The summed E-state index contributed by atoms with van der Waals surface area (Å²) in [5.41, 5.74) is 5.34. The Morgan fingerprint density at radius 2 is 1.95 bits per heavy atom. The van der Waals surface area contributed by atoms with Crippen molar-refractivity contribution in [1.82, 2.24) is 4.98 Å². The highest BCUT2D eigenvalue weighted by atomic mass is 19.4. The molecule has 19 heavy (non-hydrogen) atoms. The minimum Gasteiger partial charge on any atom is -0.355 e. The Bertz CT molecular complexity index is 416. The summed E-state index contributed by atoms with van der Waals surface area (Å²) in [6, 6.07) is 2.68. The van der Waals surface area contributed by atoms with Gasteiger partial charge in [0.05, 0.1) is 5.56 Å². The molecule has 1 saturated carbocycles. The molecule has 6 heteroatoms. The Labute approximate surface area is 110 Å². The molecule has 0 aromatic carbocycles. The first-order valence-corrected chi connectivity index (χ1v) is 6.41. The van der Waals surface area contributed by atoms with Gasteiger partial charge in [-0.3, -0.25) is 0 Å². The summed E-state index contributed by atoms with van der Waals surface area (Å²) in [5.74, 6) is 0.537. The van der Waals surface area contributed by atoms with Crippen LogP contribution in [0.5, 0.6) is 0 Å². The summed E-state index contributed by atoms with van der Waals surface area (Å²) in [6.07, 6.45) is 0.664. The molecule has 1 fully saturated rings. The maximum Gasteiger partial charge on any atom is 0.417 e. The quantitative estimate of drug-likeness (QED) is 0.901. The fourth-order valence-corrected chi connectivity index (χ4v) is 2.55. The molecule has 2 atom stereocenters. The van der Waals surface area contributed by atoms with Gasteiger partial charge in [0.1, 0.15) is 5.82 Å². The van der Waals surface area contributed by atoms with Crippen molar-refractivity contribution in [3.8, 4) is 0 Å². The van der Waals surface area contributed by atoms with Crippen LogP contribution >= 0.6 is 0 Å². The monoisotopic (exact) mass is 273 g/mol. The van der Waals surface area contributed by atoms with Crippen molar-refractivity contribution in [2.45, 2.75) is 43.9 Å². The van der Waals surface area contributed by atoms with E-state index in [-0.39, 0.29) is 12.1 Å². The maximum atomic E-state index is 12.5. The van der Waals surface area contributed by atoms with Crippen molar-refractivity contribution in [2.75, 3.05) is 11.9 Å². The lowest BCUT2D eigenvalue weighted by atomic mass is 9.90. The van der Waals surface area contributed by atoms with Gasteiger partial charge in [0, 0.05) is 25.3 Å². The predicted molar refractivity (Wildman–Crippen MR) is 67.9 cm³/mol. The van der Waals surface area contributed by atoms with E-state index in [1.807, 2.05) is 11.9 Å². The predicted octanol–water partition coefficient (Wildman–Crippen LogP) is 2.81. The lowest BCUT2D eigenvalue weighted by Gasteiger charge is -2.36. The minimum absolute atomic E-state index is 0.0582. The number of pyridine rings is 1. The van der Waals surface area contributed by atoms with Gasteiger partial charge >= 0.3 is 6.18 Å². The van der Waals surface area contributed by atoms with Crippen LogP contribution in [0.15, 0.2) is 18.3 Å². The smallest absolute Gasteiger partial charge is 0.355 e. The third kappa shape index (κ3) is 3.18. The number of nitrogens with zero attached hydrogens (tertiary/aromatic N) is 2. The minimum atomic E-state index is -4.34. The molecule has 1 aliphatic carbocycles. The molecule has 2 N–H and O–H groups in total. The number of likely N-dealkylation sites (N-methyl/N-ethyl adjacent to an activating group) is 1. The fourth-order valence-electron chi connectivity index (χ4n) is 2.55. The van der Waals surface area contributed by atoms with Gasteiger partial charge in [-0.25, -0.2) is 4.98 Å². The SMILES string of the molecule is CN(c1ccc(C(F)(F)F)cn1)C1CCCCC1N. The highest BCUT2D eigenvalue weighted by molar-refractivity contribution is 5.40. The summed E-state index contributed by atoms with van der Waals surface area (Å²) in [4.78, 5) is 5.80. The molecule has 1 aliphatic rings. The van der Waals surface area contributed by atoms with E-state index < -0.39 is 11.7 Å². The molecule has 0 spiro atoms. The second-order valence-corrected chi connectivity index (χ2v) is 5.03. The number of hydrogen-bond donors (Lipinski definition) is 1. The first kappa shape index (κ1) is 14.1. The Hall–Kier alpha value is -1.30. The topological polar surface area (TPSA) is 42.2 Å². The summed E-state index contributed by atoms with van der Waals surface area (Å²) >= 11 is 0. The van der Waals surface area contributed by atoms with E-state index in [1.54, 1.807) is 0 Å². The zero-order valence-corrected chi connectivity index (χ0v) is 10.8. The van der Waals surface area contributed by atoms with Crippen LogP contribution in [-0.4, -0.2) is 24.1 Å².